The van der Waals surface area contributed by atoms with Crippen molar-refractivity contribution in [3.8, 4) is 5.75 Å². The van der Waals surface area contributed by atoms with Crippen LogP contribution in [0.2, 0.25) is 0 Å². The van der Waals surface area contributed by atoms with Gasteiger partial charge in [-0.05, 0) is 23.6 Å². The van der Waals surface area contributed by atoms with Gasteiger partial charge in [-0.1, -0.05) is 38.1 Å². The second-order valence-corrected chi connectivity index (χ2v) is 6.64. The summed E-state index contributed by atoms with van der Waals surface area (Å²) in [7, 11) is 0. The molecule has 1 aliphatic heterocycles. The summed E-state index contributed by atoms with van der Waals surface area (Å²) < 4.78 is 5.93. The first-order valence-electron chi connectivity index (χ1n) is 7.86. The molecule has 2 aromatic rings. The number of aliphatic hydroxyl groups is 1. The third kappa shape index (κ3) is 1.67. The van der Waals surface area contributed by atoms with E-state index in [0.29, 0.717) is 22.8 Å². The zero-order valence-electron chi connectivity index (χ0n) is 13.4. The molecule has 0 radical (unpaired) electrons. The van der Waals surface area contributed by atoms with Gasteiger partial charge in [0.1, 0.15) is 5.75 Å². The summed E-state index contributed by atoms with van der Waals surface area (Å²) >= 11 is 0. The van der Waals surface area contributed by atoms with Crippen molar-refractivity contribution < 1.29 is 19.4 Å². The minimum atomic E-state index is -1.81. The van der Waals surface area contributed by atoms with Gasteiger partial charge in [0.2, 0.25) is 11.7 Å². The topological polar surface area (TPSA) is 89.6 Å². The number of ketones is 1. The summed E-state index contributed by atoms with van der Waals surface area (Å²) in [5, 5.41) is 11.2. The third-order valence-corrected chi connectivity index (χ3v) is 4.93. The molecule has 2 unspecified atom stereocenters. The fraction of sp³-hybridized carbons (Fsp3) is 0.263. The second kappa shape index (κ2) is 4.68. The Bertz CT molecular complexity index is 902. The Morgan fingerprint density at radius 2 is 2.04 bits per heavy atom. The Morgan fingerprint density at radius 1 is 1.29 bits per heavy atom. The number of nitrogens with two attached hydrogens (primary N) is 1. The Labute approximate surface area is 139 Å². The maximum absolute atomic E-state index is 13.0. The predicted octanol–water partition coefficient (Wildman–Crippen LogP) is 2.43. The Balaban J connectivity index is 1.91. The number of amides is 1. The van der Waals surface area contributed by atoms with Crippen LogP contribution in [0.3, 0.4) is 0 Å². The molecule has 3 N–H and O–H groups in total. The molecule has 2 aromatic carbocycles. The molecule has 2 aliphatic rings. The molecule has 5 nitrogen and oxygen atoms in total. The zero-order chi connectivity index (χ0) is 17.2. The lowest BCUT2D eigenvalue weighted by atomic mass is 9.88. The summed E-state index contributed by atoms with van der Waals surface area (Å²) in [6.45, 7) is 4.12. The molecule has 2 atom stereocenters. The molecule has 0 saturated heterocycles. The first-order chi connectivity index (χ1) is 11.4. The third-order valence-electron chi connectivity index (χ3n) is 4.93. The van der Waals surface area contributed by atoms with Crippen LogP contribution in [0.4, 0.5) is 0 Å². The number of benzene rings is 2. The molecule has 0 saturated carbocycles. The average Bonchev–Trinajstić information content (AvgIpc) is 2.97. The van der Waals surface area contributed by atoms with Crippen molar-refractivity contribution in [2.45, 2.75) is 31.5 Å². The second-order valence-electron chi connectivity index (χ2n) is 6.64. The molecule has 5 heteroatoms. The van der Waals surface area contributed by atoms with Gasteiger partial charge in [-0.15, -0.1) is 0 Å². The van der Waals surface area contributed by atoms with E-state index in [2.05, 4.69) is 13.8 Å². The van der Waals surface area contributed by atoms with Crippen LogP contribution in [0.1, 0.15) is 63.3 Å². The van der Waals surface area contributed by atoms with Gasteiger partial charge in [-0.2, -0.15) is 0 Å². The number of carbonyl (C=O) groups excluding carboxylic acids is 2. The van der Waals surface area contributed by atoms with E-state index in [-0.39, 0.29) is 11.1 Å². The van der Waals surface area contributed by atoms with E-state index in [1.54, 1.807) is 18.2 Å². The van der Waals surface area contributed by atoms with E-state index < -0.39 is 23.4 Å². The monoisotopic (exact) mass is 323 g/mol. The number of fused-ring (bicyclic) bond motifs is 5. The van der Waals surface area contributed by atoms with Crippen molar-refractivity contribution in [2.24, 2.45) is 5.73 Å². The fourth-order valence-corrected chi connectivity index (χ4v) is 3.63. The Morgan fingerprint density at radius 3 is 2.71 bits per heavy atom. The quantitative estimate of drug-likeness (QED) is 0.888. The largest absolute Gasteiger partial charge is 0.481 e. The molecular weight excluding hydrogens is 306 g/mol. The van der Waals surface area contributed by atoms with Crippen molar-refractivity contribution >= 4 is 11.7 Å². The van der Waals surface area contributed by atoms with Gasteiger partial charge < -0.3 is 15.6 Å². The van der Waals surface area contributed by atoms with Crippen LogP contribution in [0.25, 0.3) is 0 Å². The molecule has 1 amide bonds. The van der Waals surface area contributed by atoms with E-state index in [4.69, 9.17) is 10.5 Å². The van der Waals surface area contributed by atoms with Gasteiger partial charge in [-0.25, -0.2) is 0 Å². The van der Waals surface area contributed by atoms with E-state index in [1.807, 2.05) is 12.1 Å². The molecule has 122 valence electrons. The van der Waals surface area contributed by atoms with Crippen LogP contribution < -0.4 is 10.5 Å². The first kappa shape index (κ1) is 14.9. The summed E-state index contributed by atoms with van der Waals surface area (Å²) in [6, 6.07) is 10.3. The van der Waals surface area contributed by atoms with Crippen molar-refractivity contribution in [2.75, 3.05) is 0 Å². The van der Waals surface area contributed by atoms with Gasteiger partial charge in [-0.3, -0.25) is 9.59 Å². The Hall–Kier alpha value is -2.66. The molecule has 4 rings (SSSR count). The lowest BCUT2D eigenvalue weighted by Gasteiger charge is -2.19. The number of Topliss-reactive ketones (excluding diaryl/α,β-unsaturated/α-hetero) is 1. The SMILES string of the molecule is CC(C)c1ccc2c(c1)OC1c3cccc(C(N)=O)c3C(=O)C21O. The number of rotatable bonds is 2. The summed E-state index contributed by atoms with van der Waals surface area (Å²) in [5.41, 5.74) is 5.85. The maximum Gasteiger partial charge on any atom is 0.249 e. The normalized spacial score (nSPS) is 23.7. The number of ether oxygens (including phenoxy) is 1. The van der Waals surface area contributed by atoms with Gasteiger partial charge in [0.15, 0.2) is 11.7 Å². The van der Waals surface area contributed by atoms with Crippen LogP contribution in [-0.4, -0.2) is 16.8 Å². The lowest BCUT2D eigenvalue weighted by molar-refractivity contribution is -0.0125. The molecule has 0 aromatic heterocycles. The van der Waals surface area contributed by atoms with Gasteiger partial charge in [0.05, 0.1) is 5.56 Å². The van der Waals surface area contributed by atoms with Crippen molar-refractivity contribution in [3.63, 3.8) is 0 Å². The van der Waals surface area contributed by atoms with Crippen molar-refractivity contribution in [1.29, 1.82) is 0 Å². The molecule has 0 spiro atoms. The Kier molecular flexibility index (Phi) is 2.90. The minimum Gasteiger partial charge on any atom is -0.481 e. The standard InChI is InChI=1S/C19H17NO4/c1-9(2)10-6-7-13-14(8-10)24-17-11-4-3-5-12(18(20)22)15(11)16(21)19(13,17)23/h3-9,17,23H,1-2H3,(H2,20,22). The van der Waals surface area contributed by atoms with E-state index in [1.165, 1.54) is 6.07 Å². The average molecular weight is 323 g/mol. The van der Waals surface area contributed by atoms with Crippen LogP contribution >= 0.6 is 0 Å². The maximum atomic E-state index is 13.0. The highest BCUT2D eigenvalue weighted by molar-refractivity contribution is 6.15. The lowest BCUT2D eigenvalue weighted by Crippen LogP contribution is -2.34. The van der Waals surface area contributed by atoms with Crippen molar-refractivity contribution in [1.82, 2.24) is 0 Å². The molecule has 1 heterocycles. The number of primary amides is 1. The van der Waals surface area contributed by atoms with E-state index >= 15 is 0 Å². The van der Waals surface area contributed by atoms with Gasteiger partial charge in [0.25, 0.3) is 0 Å². The van der Waals surface area contributed by atoms with E-state index in [0.717, 1.165) is 5.56 Å². The predicted molar refractivity (Wildman–Crippen MR) is 87.1 cm³/mol. The molecule has 24 heavy (non-hydrogen) atoms. The number of carbonyl (C=O) groups is 2. The number of hydrogen-bond donors (Lipinski definition) is 2. The number of hydrogen-bond acceptors (Lipinski definition) is 4. The highest BCUT2D eigenvalue weighted by atomic mass is 16.5. The van der Waals surface area contributed by atoms with Crippen LogP contribution in [0.15, 0.2) is 36.4 Å². The zero-order valence-corrected chi connectivity index (χ0v) is 13.4. The minimum absolute atomic E-state index is 0.115. The van der Waals surface area contributed by atoms with Crippen LogP contribution in [-0.2, 0) is 5.60 Å². The first-order valence-corrected chi connectivity index (χ1v) is 7.86. The molecular formula is C19H17NO4. The van der Waals surface area contributed by atoms with Crippen molar-refractivity contribution in [3.05, 3.63) is 64.2 Å². The smallest absolute Gasteiger partial charge is 0.249 e. The summed E-state index contributed by atoms with van der Waals surface area (Å²) in [5.74, 6) is -0.414. The molecule has 0 fully saturated rings. The van der Waals surface area contributed by atoms with Gasteiger partial charge >= 0.3 is 0 Å². The van der Waals surface area contributed by atoms with Crippen LogP contribution in [0.5, 0.6) is 5.75 Å². The van der Waals surface area contributed by atoms with Crippen LogP contribution in [0, 0.1) is 0 Å². The molecule has 1 aliphatic carbocycles. The summed E-state index contributed by atoms with van der Waals surface area (Å²) in [6.07, 6.45) is -0.850. The molecule has 0 bridgehead atoms. The van der Waals surface area contributed by atoms with Gasteiger partial charge in [0, 0.05) is 16.7 Å². The van der Waals surface area contributed by atoms with E-state index in [9.17, 15) is 14.7 Å². The highest BCUT2D eigenvalue weighted by Gasteiger charge is 2.60. The summed E-state index contributed by atoms with van der Waals surface area (Å²) in [4.78, 5) is 24.6. The fourth-order valence-electron chi connectivity index (χ4n) is 3.63. The highest BCUT2D eigenvalue weighted by Crippen LogP contribution is 2.56.